The quantitative estimate of drug-likeness (QED) is 0.396. The first-order valence-corrected chi connectivity index (χ1v) is 15.6. The number of nitrogens with one attached hydrogen (secondary N) is 1. The van der Waals surface area contributed by atoms with E-state index in [0.29, 0.717) is 67.3 Å². The van der Waals surface area contributed by atoms with Crippen molar-refractivity contribution in [3.63, 3.8) is 0 Å². The second-order valence-corrected chi connectivity index (χ2v) is 12.2. The summed E-state index contributed by atoms with van der Waals surface area (Å²) < 4.78 is 58.3. The van der Waals surface area contributed by atoms with Crippen LogP contribution in [0.25, 0.3) is 22.2 Å². The van der Waals surface area contributed by atoms with Gasteiger partial charge in [-0.25, -0.2) is 27.8 Å². The van der Waals surface area contributed by atoms with Gasteiger partial charge in [0.2, 0.25) is 21.9 Å². The molecular weight excluding hydrogens is 553 g/mol. The van der Waals surface area contributed by atoms with Crippen molar-refractivity contribution in [2.75, 3.05) is 49.3 Å². The van der Waals surface area contributed by atoms with Crippen LogP contribution >= 0.6 is 0 Å². The smallest absolute Gasteiger partial charge is 0.238 e. The summed E-state index contributed by atoms with van der Waals surface area (Å²) in [5.41, 5.74) is 0.522. The Morgan fingerprint density at radius 2 is 1.83 bits per heavy atom. The lowest BCUT2D eigenvalue weighted by Gasteiger charge is -2.42. The number of fused-ring (bicyclic) bond motifs is 1. The van der Waals surface area contributed by atoms with Gasteiger partial charge >= 0.3 is 0 Å². The average molecular weight is 592 g/mol. The zero-order valence-corrected chi connectivity index (χ0v) is 25.1. The molecular formula is C28H38FN5O6S. The summed E-state index contributed by atoms with van der Waals surface area (Å²) >= 11 is 0. The molecule has 0 unspecified atom stereocenters. The molecule has 0 amide bonds. The van der Waals surface area contributed by atoms with Crippen LogP contribution in [-0.2, 0) is 14.8 Å². The number of pyridine rings is 1. The first-order valence-electron chi connectivity index (χ1n) is 13.7. The Bertz CT molecular complexity index is 1490. The highest BCUT2D eigenvalue weighted by Crippen LogP contribution is 2.41. The molecule has 224 valence electrons. The van der Waals surface area contributed by atoms with E-state index >= 15 is 0 Å². The standard InChI is InChI=1S/C26H32FN5O6S.C2H6/c1-26(2,33)16-10-18(11-16)38-21-13-17(27)12-19-22(29-25(30-23(19)21)32-5-7-37-8-6-32)15-9-20(31-39(4,34)35)24(36-3)28-14-15;1-2/h9,12-14,16,18,31,33H,5-8,10-11H2,1-4H3;1-2H3. The molecule has 1 saturated heterocycles. The van der Waals surface area contributed by atoms with Crippen LogP contribution in [0, 0.1) is 11.7 Å². The molecule has 0 radical (unpaired) electrons. The van der Waals surface area contributed by atoms with Gasteiger partial charge in [0.1, 0.15) is 22.8 Å². The van der Waals surface area contributed by atoms with Crippen molar-refractivity contribution in [1.82, 2.24) is 15.0 Å². The van der Waals surface area contributed by atoms with Gasteiger partial charge in [-0.3, -0.25) is 4.72 Å². The maximum Gasteiger partial charge on any atom is 0.238 e. The van der Waals surface area contributed by atoms with Crippen molar-refractivity contribution in [3.8, 4) is 22.9 Å². The molecule has 5 rings (SSSR count). The molecule has 1 aliphatic heterocycles. The molecule has 3 heterocycles. The van der Waals surface area contributed by atoms with Gasteiger partial charge in [0, 0.05) is 36.3 Å². The molecule has 13 heteroatoms. The van der Waals surface area contributed by atoms with E-state index in [1.807, 2.05) is 18.7 Å². The summed E-state index contributed by atoms with van der Waals surface area (Å²) in [6.45, 7) is 9.71. The Morgan fingerprint density at radius 1 is 1.15 bits per heavy atom. The molecule has 3 aromatic rings. The summed E-state index contributed by atoms with van der Waals surface area (Å²) in [6, 6.07) is 4.18. The number of benzene rings is 1. The van der Waals surface area contributed by atoms with Crippen LogP contribution in [0.1, 0.15) is 40.5 Å². The number of hydrogen-bond donors (Lipinski definition) is 2. The molecule has 11 nitrogen and oxygen atoms in total. The Hall–Kier alpha value is -3.29. The van der Waals surface area contributed by atoms with E-state index in [2.05, 4.69) is 9.71 Å². The lowest BCUT2D eigenvalue weighted by atomic mass is 9.72. The number of rotatable bonds is 8. The van der Waals surface area contributed by atoms with Crippen LogP contribution in [0.2, 0.25) is 0 Å². The molecule has 1 aromatic carbocycles. The minimum atomic E-state index is -3.64. The van der Waals surface area contributed by atoms with Crippen molar-refractivity contribution in [3.05, 3.63) is 30.2 Å². The van der Waals surface area contributed by atoms with Crippen LogP contribution in [-0.4, -0.2) is 79.9 Å². The number of methoxy groups -OCH3 is 1. The Morgan fingerprint density at radius 3 is 2.44 bits per heavy atom. The monoisotopic (exact) mass is 591 g/mol. The third-order valence-corrected chi connectivity index (χ3v) is 7.60. The van der Waals surface area contributed by atoms with Crippen LogP contribution in [0.5, 0.6) is 11.6 Å². The third kappa shape index (κ3) is 7.14. The largest absolute Gasteiger partial charge is 0.488 e. The number of aliphatic hydroxyl groups is 1. The number of hydrogen-bond acceptors (Lipinski definition) is 10. The van der Waals surface area contributed by atoms with Crippen molar-refractivity contribution in [2.45, 2.75) is 52.2 Å². The van der Waals surface area contributed by atoms with Crippen molar-refractivity contribution >= 4 is 32.6 Å². The van der Waals surface area contributed by atoms with Crippen LogP contribution in [0.4, 0.5) is 16.0 Å². The van der Waals surface area contributed by atoms with Gasteiger partial charge in [0.15, 0.2) is 0 Å². The summed E-state index contributed by atoms with van der Waals surface area (Å²) in [6.07, 6.45) is 3.60. The zero-order valence-electron chi connectivity index (χ0n) is 24.3. The number of sulfonamides is 1. The predicted octanol–water partition coefficient (Wildman–Crippen LogP) is 4.00. The third-order valence-electron chi connectivity index (χ3n) is 7.01. The molecule has 2 N–H and O–H groups in total. The van der Waals surface area contributed by atoms with Gasteiger partial charge in [-0.15, -0.1) is 0 Å². The molecule has 0 bridgehead atoms. The van der Waals surface area contributed by atoms with Crippen molar-refractivity contribution < 1.29 is 32.1 Å². The number of ether oxygens (including phenoxy) is 3. The van der Waals surface area contributed by atoms with E-state index in [-0.39, 0.29) is 29.3 Å². The van der Waals surface area contributed by atoms with Gasteiger partial charge in [0.05, 0.1) is 44.0 Å². The van der Waals surface area contributed by atoms with E-state index in [4.69, 9.17) is 24.2 Å². The van der Waals surface area contributed by atoms with E-state index in [0.717, 1.165) is 6.26 Å². The highest BCUT2D eigenvalue weighted by atomic mass is 32.2. The topological polar surface area (TPSA) is 136 Å². The first-order chi connectivity index (χ1) is 19.4. The number of halogens is 1. The second kappa shape index (κ2) is 12.3. The van der Waals surface area contributed by atoms with Crippen molar-refractivity contribution in [1.29, 1.82) is 0 Å². The Balaban J connectivity index is 0.00000189. The molecule has 0 atom stereocenters. The summed E-state index contributed by atoms with van der Waals surface area (Å²) in [7, 11) is -2.25. The molecule has 2 aliphatic rings. The minimum Gasteiger partial charge on any atom is -0.488 e. The van der Waals surface area contributed by atoms with Gasteiger partial charge < -0.3 is 24.2 Å². The minimum absolute atomic E-state index is 0.0810. The SMILES string of the molecule is CC.COc1ncc(-c2nc(N3CCOCC3)nc3c(OC4CC(C(C)(C)O)C4)cc(F)cc23)cc1NS(C)(=O)=O. The van der Waals surface area contributed by atoms with Gasteiger partial charge in [0.25, 0.3) is 0 Å². The number of nitrogens with zero attached hydrogens (tertiary/aromatic N) is 4. The number of anilines is 2. The summed E-state index contributed by atoms with van der Waals surface area (Å²) in [5.74, 6) is 0.322. The highest BCUT2D eigenvalue weighted by Gasteiger charge is 2.40. The summed E-state index contributed by atoms with van der Waals surface area (Å²) in [4.78, 5) is 15.8. The van der Waals surface area contributed by atoms with E-state index in [1.54, 1.807) is 19.9 Å². The zero-order chi connectivity index (χ0) is 29.9. The highest BCUT2D eigenvalue weighted by molar-refractivity contribution is 7.92. The fourth-order valence-corrected chi connectivity index (χ4v) is 5.35. The number of aromatic nitrogens is 3. The van der Waals surface area contributed by atoms with E-state index in [9.17, 15) is 17.9 Å². The first kappa shape index (κ1) is 30.7. The van der Waals surface area contributed by atoms with E-state index < -0.39 is 21.4 Å². The van der Waals surface area contributed by atoms with Gasteiger partial charge in [-0.05, 0) is 44.7 Å². The molecule has 1 aliphatic carbocycles. The normalized spacial score (nSPS) is 19.2. The average Bonchev–Trinajstić information content (AvgIpc) is 2.90. The maximum atomic E-state index is 15.0. The van der Waals surface area contributed by atoms with E-state index in [1.165, 1.54) is 25.4 Å². The summed E-state index contributed by atoms with van der Waals surface area (Å²) in [5, 5.41) is 10.7. The fourth-order valence-electron chi connectivity index (χ4n) is 4.81. The predicted molar refractivity (Wildman–Crippen MR) is 156 cm³/mol. The molecule has 2 aromatic heterocycles. The van der Waals surface area contributed by atoms with Crippen molar-refractivity contribution in [2.24, 2.45) is 5.92 Å². The lowest BCUT2D eigenvalue weighted by Crippen LogP contribution is -2.45. The fraction of sp³-hybridized carbons (Fsp3) is 0.536. The van der Waals surface area contributed by atoms with Gasteiger partial charge in [-0.1, -0.05) is 13.8 Å². The lowest BCUT2D eigenvalue weighted by molar-refractivity contribution is -0.0670. The molecule has 1 saturated carbocycles. The van der Waals surface area contributed by atoms with Crippen LogP contribution in [0.15, 0.2) is 24.4 Å². The molecule has 0 spiro atoms. The maximum absolute atomic E-state index is 15.0. The molecule has 41 heavy (non-hydrogen) atoms. The number of morpholine rings is 1. The Labute approximate surface area is 240 Å². The second-order valence-electron chi connectivity index (χ2n) is 10.5. The van der Waals surface area contributed by atoms with Crippen LogP contribution in [0.3, 0.4) is 0 Å². The molecule has 2 fully saturated rings. The Kier molecular flexibility index (Phi) is 9.19. The van der Waals surface area contributed by atoms with Crippen LogP contribution < -0.4 is 19.1 Å². The van der Waals surface area contributed by atoms with Gasteiger partial charge in [-0.2, -0.15) is 0 Å².